The summed E-state index contributed by atoms with van der Waals surface area (Å²) in [6.07, 6.45) is 2.38. The fourth-order valence-corrected chi connectivity index (χ4v) is 2.37. The second-order valence-electron chi connectivity index (χ2n) is 5.68. The lowest BCUT2D eigenvalue weighted by atomic mass is 10.2. The summed E-state index contributed by atoms with van der Waals surface area (Å²) in [6.45, 7) is 7.32. The molecule has 0 radical (unpaired) electrons. The van der Waals surface area contributed by atoms with Gasteiger partial charge in [0.1, 0.15) is 10.6 Å². The first kappa shape index (κ1) is 17.8. The summed E-state index contributed by atoms with van der Waals surface area (Å²) < 4.78 is 10.0. The van der Waals surface area contributed by atoms with Gasteiger partial charge in [-0.05, 0) is 27.7 Å². The van der Waals surface area contributed by atoms with Gasteiger partial charge in [-0.25, -0.2) is 24.5 Å². The van der Waals surface area contributed by atoms with Crippen LogP contribution in [0.4, 0.5) is 10.7 Å². The van der Waals surface area contributed by atoms with E-state index in [4.69, 9.17) is 9.47 Å². The summed E-state index contributed by atoms with van der Waals surface area (Å²) in [6, 6.07) is 0. The predicted molar refractivity (Wildman–Crippen MR) is 89.0 cm³/mol. The Morgan fingerprint density at radius 2 is 1.92 bits per heavy atom. The Kier molecular flexibility index (Phi) is 5.45. The van der Waals surface area contributed by atoms with Crippen molar-refractivity contribution in [2.45, 2.75) is 33.3 Å². The van der Waals surface area contributed by atoms with Gasteiger partial charge in [0.15, 0.2) is 5.69 Å². The Labute approximate surface area is 143 Å². The molecule has 8 nitrogen and oxygen atoms in total. The van der Waals surface area contributed by atoms with E-state index in [1.165, 1.54) is 23.7 Å². The van der Waals surface area contributed by atoms with E-state index in [9.17, 15) is 9.59 Å². The second-order valence-corrected chi connectivity index (χ2v) is 6.54. The first-order valence-electron chi connectivity index (χ1n) is 7.23. The zero-order chi connectivity index (χ0) is 17.7. The number of rotatable bonds is 4. The minimum Gasteiger partial charge on any atom is -0.461 e. The summed E-state index contributed by atoms with van der Waals surface area (Å²) in [4.78, 5) is 35.5. The molecule has 2 rings (SSSR count). The van der Waals surface area contributed by atoms with Crippen molar-refractivity contribution in [3.63, 3.8) is 0 Å². The van der Waals surface area contributed by atoms with Crippen LogP contribution >= 0.6 is 11.3 Å². The van der Waals surface area contributed by atoms with E-state index in [0.29, 0.717) is 17.2 Å². The van der Waals surface area contributed by atoms with Crippen molar-refractivity contribution in [3.05, 3.63) is 23.5 Å². The highest BCUT2D eigenvalue weighted by molar-refractivity contribution is 7.13. The van der Waals surface area contributed by atoms with Crippen molar-refractivity contribution in [1.82, 2.24) is 15.0 Å². The maximum atomic E-state index is 11.6. The molecule has 0 spiro atoms. The fourth-order valence-electron chi connectivity index (χ4n) is 1.60. The van der Waals surface area contributed by atoms with Crippen molar-refractivity contribution in [1.29, 1.82) is 0 Å². The van der Waals surface area contributed by atoms with E-state index >= 15 is 0 Å². The maximum absolute atomic E-state index is 11.6. The molecule has 0 aliphatic carbocycles. The molecular weight excluding hydrogens is 332 g/mol. The highest BCUT2D eigenvalue weighted by atomic mass is 32.1. The number of thiazole rings is 1. The molecule has 2 aromatic rings. The quantitative estimate of drug-likeness (QED) is 0.845. The van der Waals surface area contributed by atoms with Crippen LogP contribution in [0.1, 0.15) is 38.2 Å². The van der Waals surface area contributed by atoms with E-state index in [1.54, 1.807) is 33.1 Å². The molecule has 1 amide bonds. The number of carbonyl (C=O) groups is 2. The molecule has 24 heavy (non-hydrogen) atoms. The molecule has 0 atom stereocenters. The lowest BCUT2D eigenvalue weighted by Crippen LogP contribution is -2.27. The first-order valence-corrected chi connectivity index (χ1v) is 8.11. The monoisotopic (exact) mass is 350 g/mol. The largest absolute Gasteiger partial charge is 0.461 e. The number of amides is 1. The number of esters is 1. The van der Waals surface area contributed by atoms with Gasteiger partial charge in [-0.3, -0.25) is 5.32 Å². The average molecular weight is 350 g/mol. The highest BCUT2D eigenvalue weighted by Gasteiger charge is 2.17. The molecule has 0 aliphatic rings. The van der Waals surface area contributed by atoms with Crippen LogP contribution in [0, 0.1) is 0 Å². The van der Waals surface area contributed by atoms with Gasteiger partial charge < -0.3 is 9.47 Å². The summed E-state index contributed by atoms with van der Waals surface area (Å²) >= 11 is 1.28. The van der Waals surface area contributed by atoms with Gasteiger partial charge in [0.05, 0.1) is 6.61 Å². The number of carbonyl (C=O) groups excluding carboxylic acids is 2. The number of anilines is 1. The SMILES string of the molecule is CCOC(=O)c1csc(-c2cnc(NC(=O)OC(C)(C)C)nc2)n1. The average Bonchev–Trinajstić information content (AvgIpc) is 2.96. The van der Waals surface area contributed by atoms with Gasteiger partial charge >= 0.3 is 12.1 Å². The van der Waals surface area contributed by atoms with Crippen LogP contribution in [0.3, 0.4) is 0 Å². The van der Waals surface area contributed by atoms with Gasteiger partial charge in [0, 0.05) is 23.3 Å². The molecule has 2 aromatic heterocycles. The first-order chi connectivity index (χ1) is 11.3. The number of hydrogen-bond acceptors (Lipinski definition) is 8. The Bertz CT molecular complexity index is 722. The molecule has 0 aliphatic heterocycles. The predicted octanol–water partition coefficient (Wildman–Crippen LogP) is 3.12. The normalized spacial score (nSPS) is 11.0. The van der Waals surface area contributed by atoms with Gasteiger partial charge in [-0.1, -0.05) is 0 Å². The third-order valence-electron chi connectivity index (χ3n) is 2.50. The molecule has 2 heterocycles. The fraction of sp³-hybridized carbons (Fsp3) is 0.400. The van der Waals surface area contributed by atoms with E-state index in [1.807, 2.05) is 0 Å². The molecule has 0 saturated carbocycles. The lowest BCUT2D eigenvalue weighted by Gasteiger charge is -2.19. The van der Waals surface area contributed by atoms with E-state index in [-0.39, 0.29) is 11.6 Å². The summed E-state index contributed by atoms with van der Waals surface area (Å²) in [5, 5.41) is 4.64. The van der Waals surface area contributed by atoms with Gasteiger partial charge in [0.2, 0.25) is 5.95 Å². The Morgan fingerprint density at radius 1 is 1.25 bits per heavy atom. The zero-order valence-corrected chi connectivity index (χ0v) is 14.6. The van der Waals surface area contributed by atoms with Crippen LogP contribution in [0.25, 0.3) is 10.6 Å². The molecular formula is C15H18N4O4S. The molecule has 9 heteroatoms. The summed E-state index contributed by atoms with van der Waals surface area (Å²) in [7, 11) is 0. The van der Waals surface area contributed by atoms with Crippen molar-refractivity contribution in [2.75, 3.05) is 11.9 Å². The van der Waals surface area contributed by atoms with E-state index < -0.39 is 17.7 Å². The number of nitrogens with one attached hydrogen (secondary N) is 1. The van der Waals surface area contributed by atoms with Crippen molar-refractivity contribution < 1.29 is 19.1 Å². The maximum Gasteiger partial charge on any atom is 0.414 e. The smallest absolute Gasteiger partial charge is 0.414 e. The second kappa shape index (κ2) is 7.35. The van der Waals surface area contributed by atoms with Crippen LogP contribution in [-0.4, -0.2) is 39.2 Å². The number of aromatic nitrogens is 3. The molecule has 0 fully saturated rings. The topological polar surface area (TPSA) is 103 Å². The van der Waals surface area contributed by atoms with Gasteiger partial charge in [-0.2, -0.15) is 0 Å². The minimum atomic E-state index is -0.630. The van der Waals surface area contributed by atoms with Crippen LogP contribution in [-0.2, 0) is 9.47 Å². The van der Waals surface area contributed by atoms with E-state index in [2.05, 4.69) is 20.3 Å². The third kappa shape index (κ3) is 4.98. The zero-order valence-electron chi connectivity index (χ0n) is 13.8. The molecule has 0 saturated heterocycles. The number of ether oxygens (including phenoxy) is 2. The van der Waals surface area contributed by atoms with Crippen LogP contribution in [0.5, 0.6) is 0 Å². The molecule has 128 valence electrons. The summed E-state index contributed by atoms with van der Waals surface area (Å²) in [5.74, 6) is -0.348. The van der Waals surface area contributed by atoms with Crippen molar-refractivity contribution in [2.24, 2.45) is 0 Å². The standard InChI is InChI=1S/C15H18N4O4S/c1-5-22-12(20)10-8-24-11(18-10)9-6-16-13(17-7-9)19-14(21)23-15(2,3)4/h6-8H,5H2,1-4H3,(H,16,17,19,21). The van der Waals surface area contributed by atoms with Crippen LogP contribution in [0.2, 0.25) is 0 Å². The number of hydrogen-bond donors (Lipinski definition) is 1. The Morgan fingerprint density at radius 3 is 2.50 bits per heavy atom. The van der Waals surface area contributed by atoms with Crippen LogP contribution < -0.4 is 5.32 Å². The van der Waals surface area contributed by atoms with Crippen molar-refractivity contribution >= 4 is 29.3 Å². The minimum absolute atomic E-state index is 0.121. The Hall–Kier alpha value is -2.55. The molecule has 0 bridgehead atoms. The van der Waals surface area contributed by atoms with Crippen LogP contribution in [0.15, 0.2) is 17.8 Å². The van der Waals surface area contributed by atoms with E-state index in [0.717, 1.165) is 0 Å². The highest BCUT2D eigenvalue weighted by Crippen LogP contribution is 2.23. The lowest BCUT2D eigenvalue weighted by molar-refractivity contribution is 0.0519. The molecule has 1 N–H and O–H groups in total. The van der Waals surface area contributed by atoms with Gasteiger partial charge in [-0.15, -0.1) is 11.3 Å². The molecule has 0 aromatic carbocycles. The molecule has 0 unspecified atom stereocenters. The Balaban J connectivity index is 2.04. The van der Waals surface area contributed by atoms with Crippen molar-refractivity contribution in [3.8, 4) is 10.6 Å². The number of nitrogens with zero attached hydrogens (tertiary/aromatic N) is 3. The summed E-state index contributed by atoms with van der Waals surface area (Å²) in [5.41, 5.74) is 0.270. The third-order valence-corrected chi connectivity index (χ3v) is 3.39. The van der Waals surface area contributed by atoms with Gasteiger partial charge in [0.25, 0.3) is 0 Å².